The van der Waals surface area contributed by atoms with E-state index in [1.165, 1.54) is 11.3 Å². The summed E-state index contributed by atoms with van der Waals surface area (Å²) in [7, 11) is 1.56. The van der Waals surface area contributed by atoms with Crippen molar-refractivity contribution < 1.29 is 14.6 Å². The number of para-hydroxylation sites is 1. The summed E-state index contributed by atoms with van der Waals surface area (Å²) in [6, 6.07) is 18.7. The van der Waals surface area contributed by atoms with E-state index in [2.05, 4.69) is 4.99 Å². The molecule has 0 bridgehead atoms. The number of benzene rings is 2. The monoisotopic (exact) mass is 325 g/mol. The van der Waals surface area contributed by atoms with E-state index in [1.807, 2.05) is 54.6 Å². The lowest BCUT2D eigenvalue weighted by Gasteiger charge is -2.05. The SMILES string of the molecule is COc1cc(O)sc1C=Nc1ccc(Oc2ccccc2)cc1. The number of aliphatic imine (C=N–C) groups is 1. The minimum atomic E-state index is 0.204. The molecule has 0 aliphatic carbocycles. The van der Waals surface area contributed by atoms with Crippen molar-refractivity contribution in [1.82, 2.24) is 0 Å². The molecule has 0 saturated heterocycles. The molecule has 116 valence electrons. The minimum absolute atomic E-state index is 0.204. The highest BCUT2D eigenvalue weighted by Crippen LogP contribution is 2.33. The number of nitrogens with zero attached hydrogens (tertiary/aromatic N) is 1. The van der Waals surface area contributed by atoms with Crippen LogP contribution in [0.2, 0.25) is 0 Å². The molecule has 1 N–H and O–H groups in total. The summed E-state index contributed by atoms with van der Waals surface area (Å²) in [5, 5.41) is 9.70. The van der Waals surface area contributed by atoms with Crippen LogP contribution in [0.1, 0.15) is 4.88 Å². The van der Waals surface area contributed by atoms with Crippen LogP contribution >= 0.6 is 11.3 Å². The van der Waals surface area contributed by atoms with E-state index in [1.54, 1.807) is 19.4 Å². The van der Waals surface area contributed by atoms with Gasteiger partial charge < -0.3 is 14.6 Å². The molecule has 0 spiro atoms. The van der Waals surface area contributed by atoms with E-state index in [4.69, 9.17) is 9.47 Å². The van der Waals surface area contributed by atoms with E-state index in [-0.39, 0.29) is 5.06 Å². The van der Waals surface area contributed by atoms with Crippen molar-refractivity contribution in [2.24, 2.45) is 4.99 Å². The topological polar surface area (TPSA) is 51.0 Å². The zero-order chi connectivity index (χ0) is 16.1. The van der Waals surface area contributed by atoms with Gasteiger partial charge in [-0.15, -0.1) is 0 Å². The van der Waals surface area contributed by atoms with Gasteiger partial charge in [0.1, 0.15) is 17.2 Å². The van der Waals surface area contributed by atoms with Crippen molar-refractivity contribution in [3.05, 3.63) is 65.5 Å². The molecule has 3 rings (SSSR count). The van der Waals surface area contributed by atoms with Crippen LogP contribution in [0.4, 0.5) is 5.69 Å². The lowest BCUT2D eigenvalue weighted by molar-refractivity contribution is 0.412. The minimum Gasteiger partial charge on any atom is -0.499 e. The van der Waals surface area contributed by atoms with E-state index in [9.17, 15) is 5.11 Å². The van der Waals surface area contributed by atoms with Crippen molar-refractivity contribution in [3.8, 4) is 22.3 Å². The van der Waals surface area contributed by atoms with Crippen LogP contribution < -0.4 is 9.47 Å². The van der Waals surface area contributed by atoms with Gasteiger partial charge in [-0.3, -0.25) is 4.99 Å². The van der Waals surface area contributed by atoms with Crippen molar-refractivity contribution >= 4 is 23.2 Å². The highest BCUT2D eigenvalue weighted by atomic mass is 32.1. The average Bonchev–Trinajstić information content (AvgIpc) is 2.95. The van der Waals surface area contributed by atoms with E-state index >= 15 is 0 Å². The molecule has 4 nitrogen and oxygen atoms in total. The summed E-state index contributed by atoms with van der Waals surface area (Å²) in [6.07, 6.45) is 1.68. The van der Waals surface area contributed by atoms with Crippen LogP contribution in [0.5, 0.6) is 22.3 Å². The third-order valence-corrected chi connectivity index (χ3v) is 3.93. The van der Waals surface area contributed by atoms with Crippen LogP contribution in [-0.2, 0) is 0 Å². The Kier molecular flexibility index (Phi) is 4.59. The lowest BCUT2D eigenvalue weighted by atomic mass is 10.3. The molecular weight excluding hydrogens is 310 g/mol. The number of rotatable bonds is 5. The smallest absolute Gasteiger partial charge is 0.175 e. The summed E-state index contributed by atoms with van der Waals surface area (Å²) in [4.78, 5) is 5.16. The number of hydrogen-bond donors (Lipinski definition) is 1. The molecule has 0 saturated carbocycles. The zero-order valence-electron chi connectivity index (χ0n) is 12.5. The molecule has 3 aromatic rings. The first-order chi connectivity index (χ1) is 11.2. The number of thiophene rings is 1. The first-order valence-corrected chi connectivity index (χ1v) is 7.80. The first kappa shape index (κ1) is 15.1. The van der Waals surface area contributed by atoms with E-state index in [0.717, 1.165) is 22.1 Å². The molecular formula is C18H15NO3S. The van der Waals surface area contributed by atoms with Crippen LogP contribution in [0.25, 0.3) is 0 Å². The Morgan fingerprint density at radius 1 is 1.00 bits per heavy atom. The quantitative estimate of drug-likeness (QED) is 0.671. The van der Waals surface area contributed by atoms with Gasteiger partial charge in [0.2, 0.25) is 0 Å². The maximum absolute atomic E-state index is 9.50. The molecule has 23 heavy (non-hydrogen) atoms. The molecule has 0 unspecified atom stereocenters. The lowest BCUT2D eigenvalue weighted by Crippen LogP contribution is -1.84. The van der Waals surface area contributed by atoms with Gasteiger partial charge in [0.05, 0.1) is 17.7 Å². The number of ether oxygens (including phenoxy) is 2. The van der Waals surface area contributed by atoms with E-state index < -0.39 is 0 Å². The Morgan fingerprint density at radius 2 is 1.70 bits per heavy atom. The van der Waals surface area contributed by atoms with Gasteiger partial charge in [-0.05, 0) is 36.4 Å². The summed E-state index contributed by atoms with van der Waals surface area (Å²) >= 11 is 1.22. The Bertz CT molecular complexity index is 795. The third kappa shape index (κ3) is 3.90. The summed E-state index contributed by atoms with van der Waals surface area (Å²) in [6.45, 7) is 0. The largest absolute Gasteiger partial charge is 0.499 e. The van der Waals surface area contributed by atoms with Gasteiger partial charge in [0.15, 0.2) is 5.06 Å². The number of aromatic hydroxyl groups is 1. The van der Waals surface area contributed by atoms with Gasteiger partial charge >= 0.3 is 0 Å². The number of hydrogen-bond acceptors (Lipinski definition) is 5. The van der Waals surface area contributed by atoms with Crippen LogP contribution in [0, 0.1) is 0 Å². The molecule has 0 radical (unpaired) electrons. The van der Waals surface area contributed by atoms with Crippen molar-refractivity contribution in [3.63, 3.8) is 0 Å². The van der Waals surface area contributed by atoms with Gasteiger partial charge in [-0.1, -0.05) is 29.5 Å². The Morgan fingerprint density at radius 3 is 2.39 bits per heavy atom. The standard InChI is InChI=1S/C18H15NO3S/c1-21-16-11-18(20)23-17(16)12-19-13-7-9-15(10-8-13)22-14-5-3-2-4-6-14/h2-12,20H,1H3. The van der Waals surface area contributed by atoms with Crippen molar-refractivity contribution in [1.29, 1.82) is 0 Å². The fraction of sp³-hybridized carbons (Fsp3) is 0.0556. The van der Waals surface area contributed by atoms with Gasteiger partial charge in [-0.2, -0.15) is 0 Å². The molecule has 0 aliphatic rings. The molecule has 0 atom stereocenters. The summed E-state index contributed by atoms with van der Waals surface area (Å²) in [5.41, 5.74) is 0.792. The van der Waals surface area contributed by atoms with Gasteiger partial charge in [0.25, 0.3) is 0 Å². The molecule has 0 amide bonds. The molecule has 5 heteroatoms. The maximum atomic E-state index is 9.50. The first-order valence-electron chi connectivity index (χ1n) is 6.98. The maximum Gasteiger partial charge on any atom is 0.175 e. The normalized spacial score (nSPS) is 10.8. The second-order valence-corrected chi connectivity index (χ2v) is 5.75. The predicted molar refractivity (Wildman–Crippen MR) is 92.7 cm³/mol. The summed E-state index contributed by atoms with van der Waals surface area (Å²) < 4.78 is 10.9. The summed E-state index contributed by atoms with van der Waals surface area (Å²) in [5.74, 6) is 2.16. The molecule has 1 heterocycles. The molecule has 0 fully saturated rings. The second-order valence-electron chi connectivity index (χ2n) is 4.68. The van der Waals surface area contributed by atoms with Crippen LogP contribution in [0.15, 0.2) is 65.7 Å². The molecule has 1 aromatic heterocycles. The van der Waals surface area contributed by atoms with Crippen molar-refractivity contribution in [2.75, 3.05) is 7.11 Å². The van der Waals surface area contributed by atoms with Crippen LogP contribution in [-0.4, -0.2) is 18.4 Å². The van der Waals surface area contributed by atoms with Gasteiger partial charge in [-0.25, -0.2) is 0 Å². The Balaban J connectivity index is 1.71. The Hall–Kier alpha value is -2.79. The fourth-order valence-corrected chi connectivity index (χ4v) is 2.72. The Labute approximate surface area is 138 Å². The molecule has 0 aliphatic heterocycles. The van der Waals surface area contributed by atoms with Crippen LogP contribution in [0.3, 0.4) is 0 Å². The van der Waals surface area contributed by atoms with E-state index in [0.29, 0.717) is 5.75 Å². The fourth-order valence-electron chi connectivity index (χ4n) is 1.98. The third-order valence-electron chi connectivity index (χ3n) is 3.08. The highest BCUT2D eigenvalue weighted by Gasteiger charge is 2.06. The van der Waals surface area contributed by atoms with Crippen molar-refractivity contribution in [2.45, 2.75) is 0 Å². The predicted octanol–water partition coefficient (Wildman–Crippen LogP) is 5.01. The van der Waals surface area contributed by atoms with Gasteiger partial charge in [0, 0.05) is 12.3 Å². The molecule has 2 aromatic carbocycles. The zero-order valence-corrected chi connectivity index (χ0v) is 13.3. The number of methoxy groups -OCH3 is 1. The highest BCUT2D eigenvalue weighted by molar-refractivity contribution is 7.15. The second kappa shape index (κ2) is 6.98. The average molecular weight is 325 g/mol.